The SMILES string of the molecule is Cc1nc(N2CCC(C)CC2)ncc1-c1cc(=O)[nH]c(Nc2cccc(C(F)(F)F)c2)n1. The van der Waals surface area contributed by atoms with Gasteiger partial charge in [-0.3, -0.25) is 9.78 Å². The van der Waals surface area contributed by atoms with Crippen LogP contribution in [0.5, 0.6) is 0 Å². The first-order chi connectivity index (χ1) is 15.2. The van der Waals surface area contributed by atoms with Gasteiger partial charge in [-0.2, -0.15) is 13.2 Å². The molecule has 3 heterocycles. The number of aromatic amines is 1. The molecule has 1 aliphatic rings. The molecule has 3 aromatic rings. The van der Waals surface area contributed by atoms with Crippen LogP contribution in [0.15, 0.2) is 41.3 Å². The number of hydrogen-bond donors (Lipinski definition) is 2. The molecule has 32 heavy (non-hydrogen) atoms. The number of alkyl halides is 3. The second-order valence-electron chi connectivity index (χ2n) is 8.02. The van der Waals surface area contributed by atoms with Gasteiger partial charge in [0, 0.05) is 36.6 Å². The van der Waals surface area contributed by atoms with Crippen molar-refractivity contribution in [1.82, 2.24) is 19.9 Å². The Labute approximate surface area is 182 Å². The molecule has 0 spiro atoms. The molecule has 2 N–H and O–H groups in total. The monoisotopic (exact) mass is 444 g/mol. The fourth-order valence-corrected chi connectivity index (χ4v) is 3.63. The zero-order valence-corrected chi connectivity index (χ0v) is 17.7. The van der Waals surface area contributed by atoms with Crippen LogP contribution < -0.4 is 15.8 Å². The lowest BCUT2D eigenvalue weighted by Crippen LogP contribution is -2.34. The molecule has 1 aromatic carbocycles. The number of aryl methyl sites for hydroxylation is 1. The van der Waals surface area contributed by atoms with Crippen molar-refractivity contribution in [3.8, 4) is 11.3 Å². The molecule has 0 unspecified atom stereocenters. The minimum Gasteiger partial charge on any atom is -0.341 e. The molecule has 4 rings (SSSR count). The van der Waals surface area contributed by atoms with Crippen LogP contribution in [-0.2, 0) is 6.18 Å². The molecule has 1 saturated heterocycles. The van der Waals surface area contributed by atoms with E-state index in [1.54, 1.807) is 6.20 Å². The van der Waals surface area contributed by atoms with Crippen molar-refractivity contribution in [2.24, 2.45) is 5.92 Å². The molecule has 1 aliphatic heterocycles. The molecule has 0 atom stereocenters. The molecular formula is C22H23F3N6O. The third-order valence-corrected chi connectivity index (χ3v) is 5.50. The molecule has 168 valence electrons. The predicted octanol–water partition coefficient (Wildman–Crippen LogP) is 4.53. The molecule has 0 aliphatic carbocycles. The van der Waals surface area contributed by atoms with Gasteiger partial charge in [-0.25, -0.2) is 15.0 Å². The maximum absolute atomic E-state index is 13.0. The summed E-state index contributed by atoms with van der Waals surface area (Å²) in [6.45, 7) is 5.84. The first kappa shape index (κ1) is 21.8. The van der Waals surface area contributed by atoms with E-state index in [0.29, 0.717) is 28.8 Å². The van der Waals surface area contributed by atoms with Crippen molar-refractivity contribution in [3.63, 3.8) is 0 Å². The smallest absolute Gasteiger partial charge is 0.341 e. The van der Waals surface area contributed by atoms with E-state index in [0.717, 1.165) is 38.1 Å². The highest BCUT2D eigenvalue weighted by Gasteiger charge is 2.30. The molecule has 10 heteroatoms. The van der Waals surface area contributed by atoms with Crippen molar-refractivity contribution in [3.05, 3.63) is 58.1 Å². The summed E-state index contributed by atoms with van der Waals surface area (Å²) in [5.41, 5.74) is 0.488. The Bertz CT molecular complexity index is 1170. The first-order valence-electron chi connectivity index (χ1n) is 10.3. The quantitative estimate of drug-likeness (QED) is 0.615. The van der Waals surface area contributed by atoms with Gasteiger partial charge in [0.05, 0.1) is 17.0 Å². The second kappa shape index (κ2) is 8.60. The van der Waals surface area contributed by atoms with Crippen molar-refractivity contribution in [2.75, 3.05) is 23.3 Å². The Morgan fingerprint density at radius 1 is 1.16 bits per heavy atom. The highest BCUT2D eigenvalue weighted by Crippen LogP contribution is 2.31. The number of H-pyrrole nitrogens is 1. The van der Waals surface area contributed by atoms with E-state index >= 15 is 0 Å². The minimum absolute atomic E-state index is 0.0281. The number of halogens is 3. The summed E-state index contributed by atoms with van der Waals surface area (Å²) in [6.07, 6.45) is -0.664. The second-order valence-corrected chi connectivity index (χ2v) is 8.02. The summed E-state index contributed by atoms with van der Waals surface area (Å²) >= 11 is 0. The lowest BCUT2D eigenvalue weighted by Gasteiger charge is -2.30. The number of nitrogens with one attached hydrogen (secondary N) is 2. The number of rotatable bonds is 4. The van der Waals surface area contributed by atoms with Gasteiger partial charge < -0.3 is 10.2 Å². The summed E-state index contributed by atoms with van der Waals surface area (Å²) < 4.78 is 38.9. The molecular weight excluding hydrogens is 421 g/mol. The van der Waals surface area contributed by atoms with Crippen LogP contribution >= 0.6 is 0 Å². The lowest BCUT2D eigenvalue weighted by molar-refractivity contribution is -0.137. The molecule has 2 aromatic heterocycles. The number of hydrogen-bond acceptors (Lipinski definition) is 6. The van der Waals surface area contributed by atoms with Gasteiger partial charge >= 0.3 is 6.18 Å². The van der Waals surface area contributed by atoms with Gasteiger partial charge in [0.25, 0.3) is 5.56 Å². The predicted molar refractivity (Wildman–Crippen MR) is 116 cm³/mol. The molecule has 0 saturated carbocycles. The highest BCUT2D eigenvalue weighted by atomic mass is 19.4. The van der Waals surface area contributed by atoms with Crippen LogP contribution in [0.25, 0.3) is 11.3 Å². The molecule has 7 nitrogen and oxygen atoms in total. The van der Waals surface area contributed by atoms with Crippen molar-refractivity contribution >= 4 is 17.6 Å². The number of nitrogens with zero attached hydrogens (tertiary/aromatic N) is 4. The fourth-order valence-electron chi connectivity index (χ4n) is 3.63. The molecule has 0 bridgehead atoms. The standard InChI is InChI=1S/C22H23F3N6O/c1-13-6-8-31(9-7-13)21-26-12-17(14(2)27-21)18-11-19(32)30-20(29-18)28-16-5-3-4-15(10-16)22(23,24)25/h3-5,10-13H,6-9H2,1-2H3,(H2,28,29,30,32). The largest absolute Gasteiger partial charge is 0.416 e. The van der Waals surface area contributed by atoms with Gasteiger partial charge in [0.15, 0.2) is 0 Å². The number of piperidine rings is 1. The summed E-state index contributed by atoms with van der Waals surface area (Å²) in [4.78, 5) is 30.3. The Morgan fingerprint density at radius 3 is 2.59 bits per heavy atom. The molecule has 0 amide bonds. The van der Waals surface area contributed by atoms with Crippen LogP contribution in [-0.4, -0.2) is 33.0 Å². The van der Waals surface area contributed by atoms with E-state index in [2.05, 4.69) is 37.1 Å². The van der Waals surface area contributed by atoms with Gasteiger partial charge in [-0.05, 0) is 43.9 Å². The summed E-state index contributed by atoms with van der Waals surface area (Å²) in [7, 11) is 0. The van der Waals surface area contributed by atoms with Crippen LogP contribution in [0.1, 0.15) is 31.0 Å². The van der Waals surface area contributed by atoms with E-state index in [1.807, 2.05) is 6.92 Å². The van der Waals surface area contributed by atoms with Crippen LogP contribution in [0, 0.1) is 12.8 Å². The van der Waals surface area contributed by atoms with E-state index < -0.39 is 17.3 Å². The van der Waals surface area contributed by atoms with Crippen LogP contribution in [0.2, 0.25) is 0 Å². The van der Waals surface area contributed by atoms with Gasteiger partial charge in [0.1, 0.15) is 0 Å². The Morgan fingerprint density at radius 2 is 1.91 bits per heavy atom. The Balaban J connectivity index is 1.60. The average molecular weight is 444 g/mol. The van der Waals surface area contributed by atoms with Gasteiger partial charge in [-0.1, -0.05) is 13.0 Å². The van der Waals surface area contributed by atoms with Crippen LogP contribution in [0.4, 0.5) is 30.8 Å². The third kappa shape index (κ3) is 4.90. The number of benzene rings is 1. The minimum atomic E-state index is -4.47. The molecule has 1 fully saturated rings. The van der Waals surface area contributed by atoms with Crippen molar-refractivity contribution < 1.29 is 13.2 Å². The zero-order valence-electron chi connectivity index (χ0n) is 17.7. The number of anilines is 3. The normalized spacial score (nSPS) is 15.1. The van der Waals surface area contributed by atoms with E-state index in [1.165, 1.54) is 18.2 Å². The third-order valence-electron chi connectivity index (χ3n) is 5.50. The summed E-state index contributed by atoms with van der Waals surface area (Å²) in [5.74, 6) is 1.36. The average Bonchev–Trinajstić information content (AvgIpc) is 2.73. The maximum Gasteiger partial charge on any atom is 0.416 e. The fraction of sp³-hybridized carbons (Fsp3) is 0.364. The van der Waals surface area contributed by atoms with Gasteiger partial charge in [0.2, 0.25) is 11.9 Å². The van der Waals surface area contributed by atoms with E-state index in [9.17, 15) is 18.0 Å². The lowest BCUT2D eigenvalue weighted by atomic mass is 10.00. The van der Waals surface area contributed by atoms with Crippen LogP contribution in [0.3, 0.4) is 0 Å². The highest BCUT2D eigenvalue weighted by molar-refractivity contribution is 5.64. The summed E-state index contributed by atoms with van der Waals surface area (Å²) in [6, 6.07) is 5.99. The molecule has 0 radical (unpaired) electrons. The van der Waals surface area contributed by atoms with E-state index in [4.69, 9.17) is 0 Å². The zero-order chi connectivity index (χ0) is 22.9. The Kier molecular flexibility index (Phi) is 5.86. The topological polar surface area (TPSA) is 86.8 Å². The van der Waals surface area contributed by atoms with E-state index in [-0.39, 0.29) is 11.6 Å². The van der Waals surface area contributed by atoms with Crippen molar-refractivity contribution in [1.29, 1.82) is 0 Å². The number of aromatic nitrogens is 4. The van der Waals surface area contributed by atoms with Gasteiger partial charge in [-0.15, -0.1) is 0 Å². The maximum atomic E-state index is 13.0. The van der Waals surface area contributed by atoms with Crippen molar-refractivity contribution in [2.45, 2.75) is 32.9 Å². The Hall–Kier alpha value is -3.43. The first-order valence-corrected chi connectivity index (χ1v) is 10.3. The summed E-state index contributed by atoms with van der Waals surface area (Å²) in [5, 5.41) is 2.74.